The van der Waals surface area contributed by atoms with Gasteiger partial charge < -0.3 is 4.48 Å². The molecule has 0 amide bonds. The van der Waals surface area contributed by atoms with Crippen LogP contribution in [0.15, 0.2) is 0 Å². The maximum absolute atomic E-state index is 12.4. The summed E-state index contributed by atoms with van der Waals surface area (Å²) in [7, 11) is 0. The summed E-state index contributed by atoms with van der Waals surface area (Å²) in [6.07, 6.45) is -4.10. The van der Waals surface area contributed by atoms with Gasteiger partial charge in [0.2, 0.25) is 0 Å². The van der Waals surface area contributed by atoms with Gasteiger partial charge in [-0.1, -0.05) is 6.92 Å². The topological polar surface area (TPSA) is 0 Å². The molecule has 0 aromatic heterocycles. The number of rotatable bonds is 6. The second-order valence-corrected chi connectivity index (χ2v) is 4.05. The second kappa shape index (κ2) is 5.73. The zero-order chi connectivity index (χ0) is 12.1. The quantitative estimate of drug-likeness (QED) is 0.607. The molecule has 0 aliphatic carbocycles. The van der Waals surface area contributed by atoms with Gasteiger partial charge in [-0.2, -0.15) is 13.2 Å². The average Bonchev–Trinajstić information content (AvgIpc) is 2.17. The van der Waals surface area contributed by atoms with Crippen LogP contribution in [-0.2, 0) is 0 Å². The van der Waals surface area contributed by atoms with E-state index in [0.29, 0.717) is 10.9 Å². The SMILES string of the molecule is CCC(CC(F)(F)F)[N+](CC)(CC)CC. The van der Waals surface area contributed by atoms with E-state index in [4.69, 9.17) is 0 Å². The Hall–Kier alpha value is -0.250. The number of nitrogens with zero attached hydrogens (tertiary/aromatic N) is 1. The summed E-state index contributed by atoms with van der Waals surface area (Å²) in [5, 5.41) is 0. The zero-order valence-corrected chi connectivity index (χ0v) is 10.2. The minimum Gasteiger partial charge on any atom is -0.322 e. The summed E-state index contributed by atoms with van der Waals surface area (Å²) in [6.45, 7) is 10.1. The van der Waals surface area contributed by atoms with Gasteiger partial charge in [-0.15, -0.1) is 0 Å². The van der Waals surface area contributed by atoms with Crippen LogP contribution < -0.4 is 0 Å². The molecule has 0 rings (SSSR count). The van der Waals surface area contributed by atoms with Crippen LogP contribution in [0.3, 0.4) is 0 Å². The van der Waals surface area contributed by atoms with Gasteiger partial charge in [0.15, 0.2) is 0 Å². The lowest BCUT2D eigenvalue weighted by atomic mass is 10.1. The Labute approximate surface area is 90.9 Å². The predicted molar refractivity (Wildman–Crippen MR) is 56.6 cm³/mol. The average molecular weight is 226 g/mol. The summed E-state index contributed by atoms with van der Waals surface area (Å²) in [5.74, 6) is 0. The van der Waals surface area contributed by atoms with Crippen molar-refractivity contribution in [1.82, 2.24) is 0 Å². The molecular formula is C11H23F3N+. The van der Waals surface area contributed by atoms with Crippen molar-refractivity contribution in [3.63, 3.8) is 0 Å². The first kappa shape index (κ1) is 14.8. The van der Waals surface area contributed by atoms with Gasteiger partial charge in [0.1, 0.15) is 0 Å². The highest BCUT2D eigenvalue weighted by atomic mass is 19.4. The number of hydrogen-bond acceptors (Lipinski definition) is 0. The lowest BCUT2D eigenvalue weighted by Gasteiger charge is -2.43. The van der Waals surface area contributed by atoms with Crippen LogP contribution in [-0.4, -0.2) is 36.3 Å². The van der Waals surface area contributed by atoms with E-state index in [2.05, 4.69) is 0 Å². The van der Waals surface area contributed by atoms with E-state index in [1.165, 1.54) is 0 Å². The number of halogens is 3. The molecule has 0 radical (unpaired) electrons. The van der Waals surface area contributed by atoms with Crippen LogP contribution in [0.4, 0.5) is 13.2 Å². The zero-order valence-electron chi connectivity index (χ0n) is 10.2. The van der Waals surface area contributed by atoms with Gasteiger partial charge in [-0.25, -0.2) is 0 Å². The Morgan fingerprint density at radius 2 is 1.33 bits per heavy atom. The molecule has 0 aliphatic rings. The number of alkyl halides is 3. The first-order valence-corrected chi connectivity index (χ1v) is 5.77. The van der Waals surface area contributed by atoms with Crippen molar-refractivity contribution in [3.05, 3.63) is 0 Å². The highest BCUT2D eigenvalue weighted by molar-refractivity contribution is 4.64. The van der Waals surface area contributed by atoms with Crippen molar-refractivity contribution in [2.45, 2.75) is 52.8 Å². The molecule has 0 bridgehead atoms. The summed E-state index contributed by atoms with van der Waals surface area (Å²) in [6, 6.07) is -0.287. The Morgan fingerprint density at radius 3 is 1.53 bits per heavy atom. The molecule has 0 aromatic carbocycles. The van der Waals surface area contributed by atoms with Crippen LogP contribution >= 0.6 is 0 Å². The smallest absolute Gasteiger partial charge is 0.322 e. The third-order valence-corrected chi connectivity index (χ3v) is 3.60. The maximum Gasteiger partial charge on any atom is 0.394 e. The van der Waals surface area contributed by atoms with Gasteiger partial charge in [0, 0.05) is 0 Å². The Morgan fingerprint density at radius 1 is 0.933 bits per heavy atom. The Bertz CT molecular complexity index is 165. The molecule has 0 saturated carbocycles. The van der Waals surface area contributed by atoms with Crippen molar-refractivity contribution in [3.8, 4) is 0 Å². The van der Waals surface area contributed by atoms with E-state index < -0.39 is 12.6 Å². The van der Waals surface area contributed by atoms with E-state index in [0.717, 1.165) is 19.6 Å². The fraction of sp³-hybridized carbons (Fsp3) is 1.00. The molecule has 1 nitrogen and oxygen atoms in total. The standard InChI is InChI=1S/C11H23F3N/c1-5-10(9-11(12,13)14)15(6-2,7-3)8-4/h10H,5-9H2,1-4H3/q+1. The second-order valence-electron chi connectivity index (χ2n) is 4.05. The molecule has 1 unspecified atom stereocenters. The van der Waals surface area contributed by atoms with Crippen LogP contribution in [0.25, 0.3) is 0 Å². The molecule has 1 atom stereocenters. The third kappa shape index (κ3) is 4.01. The lowest BCUT2D eigenvalue weighted by molar-refractivity contribution is -0.948. The van der Waals surface area contributed by atoms with Crippen molar-refractivity contribution < 1.29 is 17.7 Å². The fourth-order valence-electron chi connectivity index (χ4n) is 2.44. The predicted octanol–water partition coefficient (Wildman–Crippen LogP) is 3.59. The minimum atomic E-state index is -4.04. The summed E-state index contributed by atoms with van der Waals surface area (Å²) < 4.78 is 37.8. The van der Waals surface area contributed by atoms with Gasteiger partial charge in [-0.3, -0.25) is 0 Å². The molecule has 15 heavy (non-hydrogen) atoms. The molecule has 0 fully saturated rings. The maximum atomic E-state index is 12.4. The largest absolute Gasteiger partial charge is 0.394 e. The first-order chi connectivity index (χ1) is 6.85. The van der Waals surface area contributed by atoms with Gasteiger partial charge in [-0.05, 0) is 27.2 Å². The van der Waals surface area contributed by atoms with Crippen LogP contribution in [0.2, 0.25) is 0 Å². The minimum absolute atomic E-state index is 0.287. The van der Waals surface area contributed by atoms with E-state index in [1.807, 2.05) is 27.7 Å². The van der Waals surface area contributed by atoms with E-state index >= 15 is 0 Å². The molecule has 92 valence electrons. The number of quaternary nitrogens is 1. The molecule has 0 N–H and O–H groups in total. The van der Waals surface area contributed by atoms with E-state index in [-0.39, 0.29) is 6.04 Å². The number of hydrogen-bond donors (Lipinski definition) is 0. The van der Waals surface area contributed by atoms with Crippen LogP contribution in [0, 0.1) is 0 Å². The van der Waals surface area contributed by atoms with Gasteiger partial charge in [0.05, 0.1) is 32.1 Å². The molecule has 0 spiro atoms. The molecule has 0 aromatic rings. The molecular weight excluding hydrogens is 203 g/mol. The fourth-order valence-corrected chi connectivity index (χ4v) is 2.44. The molecule has 0 saturated heterocycles. The van der Waals surface area contributed by atoms with Gasteiger partial charge in [0.25, 0.3) is 0 Å². The summed E-state index contributed by atoms with van der Waals surface area (Å²) in [4.78, 5) is 0. The molecule has 0 aliphatic heterocycles. The molecule has 4 heteroatoms. The van der Waals surface area contributed by atoms with Crippen molar-refractivity contribution in [2.24, 2.45) is 0 Å². The Kier molecular flexibility index (Phi) is 5.63. The Balaban J connectivity index is 4.74. The highest BCUT2D eigenvalue weighted by Gasteiger charge is 2.40. The van der Waals surface area contributed by atoms with Crippen LogP contribution in [0.1, 0.15) is 40.5 Å². The van der Waals surface area contributed by atoms with Crippen molar-refractivity contribution >= 4 is 0 Å². The third-order valence-electron chi connectivity index (χ3n) is 3.60. The van der Waals surface area contributed by atoms with E-state index in [9.17, 15) is 13.2 Å². The van der Waals surface area contributed by atoms with Crippen molar-refractivity contribution in [1.29, 1.82) is 0 Å². The molecule has 0 heterocycles. The summed E-state index contributed by atoms with van der Waals surface area (Å²) >= 11 is 0. The van der Waals surface area contributed by atoms with E-state index in [1.54, 1.807) is 0 Å². The first-order valence-electron chi connectivity index (χ1n) is 5.77. The van der Waals surface area contributed by atoms with Crippen molar-refractivity contribution in [2.75, 3.05) is 19.6 Å². The highest BCUT2D eigenvalue weighted by Crippen LogP contribution is 2.29. The van der Waals surface area contributed by atoms with Gasteiger partial charge >= 0.3 is 6.18 Å². The monoisotopic (exact) mass is 226 g/mol. The normalized spacial score (nSPS) is 15.4. The van der Waals surface area contributed by atoms with Crippen LogP contribution in [0.5, 0.6) is 0 Å². The lowest BCUT2D eigenvalue weighted by Crippen LogP contribution is -2.56. The summed E-state index contributed by atoms with van der Waals surface area (Å²) in [5.41, 5.74) is 0.